The lowest BCUT2D eigenvalue weighted by Crippen LogP contribution is -2.39. The number of carbonyl (C=O) groups excluding carboxylic acids is 1. The molecule has 0 saturated heterocycles. The second-order valence-electron chi connectivity index (χ2n) is 7.03. The van der Waals surface area contributed by atoms with Crippen molar-refractivity contribution < 1.29 is 9.53 Å². The molecule has 29 heavy (non-hydrogen) atoms. The molecule has 0 spiro atoms. The summed E-state index contributed by atoms with van der Waals surface area (Å²) >= 11 is 0. The molecule has 148 valence electrons. The van der Waals surface area contributed by atoms with E-state index < -0.39 is 5.97 Å². The van der Waals surface area contributed by atoms with E-state index in [0.717, 1.165) is 16.8 Å². The van der Waals surface area contributed by atoms with Crippen molar-refractivity contribution in [3.8, 4) is 6.07 Å². The first-order chi connectivity index (χ1) is 14.0. The summed E-state index contributed by atoms with van der Waals surface area (Å²) in [4.78, 5) is 14.1. The van der Waals surface area contributed by atoms with Gasteiger partial charge in [0.2, 0.25) is 0 Å². The molecule has 2 atom stereocenters. The van der Waals surface area contributed by atoms with E-state index in [1.807, 2.05) is 68.4 Å². The molecule has 0 amide bonds. The smallest absolute Gasteiger partial charge is 0.332 e. The zero-order chi connectivity index (χ0) is 21.0. The van der Waals surface area contributed by atoms with Crippen LogP contribution in [0, 0.1) is 24.2 Å². The molecule has 0 radical (unpaired) electrons. The molecule has 0 saturated carbocycles. The van der Waals surface area contributed by atoms with Crippen LogP contribution in [0.3, 0.4) is 0 Å². The van der Waals surface area contributed by atoms with Crippen LogP contribution in [0.1, 0.15) is 30.9 Å². The van der Waals surface area contributed by atoms with E-state index in [1.165, 1.54) is 6.08 Å². The standard InChI is InChI=1S/C24H25N3O2/c1-4-29-22(28)14-21-17(3)23(19-13-9-8-10-16(19)2)20(15-25)24(26)27(21)18-11-6-5-7-12-18/h5-14,17,23H,4,26H2,1-3H3/b21-14+/t17-,23-/m0/s1. The number of ether oxygens (including phenoxy) is 1. The van der Waals surface area contributed by atoms with Crippen LogP contribution < -0.4 is 10.6 Å². The molecule has 0 aliphatic carbocycles. The summed E-state index contributed by atoms with van der Waals surface area (Å²) in [6.07, 6.45) is 1.49. The van der Waals surface area contributed by atoms with Gasteiger partial charge in [0.05, 0.1) is 18.2 Å². The van der Waals surface area contributed by atoms with Gasteiger partial charge in [-0.2, -0.15) is 5.26 Å². The molecule has 1 aliphatic heterocycles. The van der Waals surface area contributed by atoms with Gasteiger partial charge in [0.15, 0.2) is 0 Å². The molecule has 1 aliphatic rings. The summed E-state index contributed by atoms with van der Waals surface area (Å²) in [7, 11) is 0. The van der Waals surface area contributed by atoms with Crippen LogP contribution in [-0.4, -0.2) is 12.6 Å². The highest BCUT2D eigenvalue weighted by Gasteiger charge is 2.38. The van der Waals surface area contributed by atoms with E-state index in [2.05, 4.69) is 6.07 Å². The molecule has 5 heteroatoms. The lowest BCUT2D eigenvalue weighted by Gasteiger charge is -2.41. The Morgan fingerprint density at radius 3 is 2.48 bits per heavy atom. The average Bonchev–Trinajstić information content (AvgIpc) is 2.72. The fourth-order valence-electron chi connectivity index (χ4n) is 3.90. The minimum Gasteiger partial charge on any atom is -0.463 e. The molecule has 2 aromatic rings. The summed E-state index contributed by atoms with van der Waals surface area (Å²) in [6.45, 7) is 6.10. The Bertz CT molecular complexity index is 1000. The number of nitriles is 1. The SMILES string of the molecule is CCOC(=O)/C=C1\[C@H](C)[C@@H](c2ccccc2C)C(C#N)=C(N)N1c1ccccc1. The zero-order valence-corrected chi connectivity index (χ0v) is 16.9. The van der Waals surface area contributed by atoms with Gasteiger partial charge >= 0.3 is 5.97 Å². The highest BCUT2D eigenvalue weighted by molar-refractivity contribution is 5.85. The number of anilines is 1. The van der Waals surface area contributed by atoms with Gasteiger partial charge in [0.1, 0.15) is 5.82 Å². The Hall–Kier alpha value is -3.52. The highest BCUT2D eigenvalue weighted by Crippen LogP contribution is 2.45. The van der Waals surface area contributed by atoms with E-state index in [-0.39, 0.29) is 11.8 Å². The van der Waals surface area contributed by atoms with E-state index in [0.29, 0.717) is 23.7 Å². The van der Waals surface area contributed by atoms with Crippen LogP contribution in [0.25, 0.3) is 0 Å². The molecular formula is C24H25N3O2. The van der Waals surface area contributed by atoms with Crippen LogP contribution in [0.2, 0.25) is 0 Å². The molecule has 1 heterocycles. The molecule has 5 nitrogen and oxygen atoms in total. The number of allylic oxidation sites excluding steroid dienone is 2. The number of esters is 1. The van der Waals surface area contributed by atoms with Gasteiger partial charge in [-0.3, -0.25) is 4.90 Å². The van der Waals surface area contributed by atoms with Crippen molar-refractivity contribution in [1.29, 1.82) is 5.26 Å². The van der Waals surface area contributed by atoms with E-state index in [9.17, 15) is 10.1 Å². The second-order valence-corrected chi connectivity index (χ2v) is 7.03. The third-order valence-electron chi connectivity index (χ3n) is 5.26. The molecule has 3 rings (SSSR count). The van der Waals surface area contributed by atoms with Gasteiger partial charge in [-0.15, -0.1) is 0 Å². The molecule has 0 bridgehead atoms. The number of hydrogen-bond donors (Lipinski definition) is 1. The molecule has 2 N–H and O–H groups in total. The second kappa shape index (κ2) is 8.66. The minimum absolute atomic E-state index is 0.164. The number of nitrogens with two attached hydrogens (primary N) is 1. The number of para-hydroxylation sites is 1. The predicted molar refractivity (Wildman–Crippen MR) is 114 cm³/mol. The van der Waals surface area contributed by atoms with Gasteiger partial charge < -0.3 is 10.5 Å². The maximum Gasteiger partial charge on any atom is 0.332 e. The zero-order valence-electron chi connectivity index (χ0n) is 16.9. The first-order valence-corrected chi connectivity index (χ1v) is 9.68. The lowest BCUT2D eigenvalue weighted by atomic mass is 9.75. The van der Waals surface area contributed by atoms with Gasteiger partial charge in [-0.25, -0.2) is 4.79 Å². The van der Waals surface area contributed by atoms with Crippen molar-refractivity contribution in [2.45, 2.75) is 26.7 Å². The Balaban J connectivity index is 2.25. The minimum atomic E-state index is -0.424. The van der Waals surface area contributed by atoms with E-state index in [4.69, 9.17) is 10.5 Å². The van der Waals surface area contributed by atoms with Crippen LogP contribution in [0.15, 0.2) is 77.8 Å². The van der Waals surface area contributed by atoms with Gasteiger partial charge in [-0.1, -0.05) is 49.4 Å². The average molecular weight is 387 g/mol. The number of hydrogen-bond acceptors (Lipinski definition) is 5. The number of nitrogens with zero attached hydrogens (tertiary/aromatic N) is 2. The predicted octanol–water partition coefficient (Wildman–Crippen LogP) is 4.38. The monoisotopic (exact) mass is 387 g/mol. The molecule has 0 unspecified atom stereocenters. The van der Waals surface area contributed by atoms with Gasteiger partial charge in [0, 0.05) is 29.3 Å². The Labute approximate surface area is 171 Å². The normalized spacial score (nSPS) is 20.5. The lowest BCUT2D eigenvalue weighted by molar-refractivity contribution is -0.137. The molecule has 0 fully saturated rings. The van der Waals surface area contributed by atoms with Crippen molar-refractivity contribution >= 4 is 11.7 Å². The summed E-state index contributed by atoms with van der Waals surface area (Å²) in [5.41, 5.74) is 10.6. The fraction of sp³-hybridized carbons (Fsp3) is 0.250. The van der Waals surface area contributed by atoms with Crippen molar-refractivity contribution in [1.82, 2.24) is 0 Å². The summed E-state index contributed by atoms with van der Waals surface area (Å²) < 4.78 is 5.17. The van der Waals surface area contributed by atoms with Crippen LogP contribution in [0.4, 0.5) is 5.69 Å². The first-order valence-electron chi connectivity index (χ1n) is 9.68. The molecule has 0 aromatic heterocycles. The Kier molecular flexibility index (Phi) is 6.04. The fourth-order valence-corrected chi connectivity index (χ4v) is 3.90. The quantitative estimate of drug-likeness (QED) is 0.622. The first kappa shape index (κ1) is 20.2. The van der Waals surface area contributed by atoms with Gasteiger partial charge in [-0.05, 0) is 37.1 Å². The number of carbonyl (C=O) groups is 1. The van der Waals surface area contributed by atoms with Crippen molar-refractivity contribution in [3.63, 3.8) is 0 Å². The highest BCUT2D eigenvalue weighted by atomic mass is 16.5. The van der Waals surface area contributed by atoms with Crippen LogP contribution >= 0.6 is 0 Å². The van der Waals surface area contributed by atoms with Crippen molar-refractivity contribution in [3.05, 3.63) is 88.9 Å². The maximum atomic E-state index is 12.4. The third kappa shape index (κ3) is 3.88. The maximum absolute atomic E-state index is 12.4. The summed E-state index contributed by atoms with van der Waals surface area (Å²) in [5.74, 6) is -0.503. The molecular weight excluding hydrogens is 362 g/mol. The molecule has 2 aromatic carbocycles. The van der Waals surface area contributed by atoms with E-state index >= 15 is 0 Å². The van der Waals surface area contributed by atoms with Gasteiger partial charge in [0.25, 0.3) is 0 Å². The van der Waals surface area contributed by atoms with E-state index in [1.54, 1.807) is 11.8 Å². The van der Waals surface area contributed by atoms with Crippen LogP contribution in [-0.2, 0) is 9.53 Å². The number of rotatable bonds is 4. The van der Waals surface area contributed by atoms with Crippen molar-refractivity contribution in [2.24, 2.45) is 11.7 Å². The number of benzene rings is 2. The Morgan fingerprint density at radius 2 is 1.86 bits per heavy atom. The van der Waals surface area contributed by atoms with Crippen molar-refractivity contribution in [2.75, 3.05) is 11.5 Å². The Morgan fingerprint density at radius 1 is 1.21 bits per heavy atom. The third-order valence-corrected chi connectivity index (χ3v) is 5.26. The summed E-state index contributed by atoms with van der Waals surface area (Å²) in [6, 6.07) is 19.8. The largest absolute Gasteiger partial charge is 0.463 e. The summed E-state index contributed by atoms with van der Waals surface area (Å²) in [5, 5.41) is 9.99. The topological polar surface area (TPSA) is 79.3 Å². The number of aryl methyl sites for hydroxylation is 1. The van der Waals surface area contributed by atoms with Crippen LogP contribution in [0.5, 0.6) is 0 Å².